The molecule has 21 heavy (non-hydrogen) atoms. The van der Waals surface area contributed by atoms with Crippen LogP contribution in [0.1, 0.15) is 44.2 Å². The van der Waals surface area contributed by atoms with Crippen LogP contribution in [0.3, 0.4) is 0 Å². The molecular formula is C16H26N2O2S. The summed E-state index contributed by atoms with van der Waals surface area (Å²) in [4.78, 5) is 0.377. The van der Waals surface area contributed by atoms with E-state index < -0.39 is 10.0 Å². The van der Waals surface area contributed by atoms with Crippen molar-refractivity contribution >= 4 is 15.7 Å². The topological polar surface area (TPSA) is 72.2 Å². The quantitative estimate of drug-likeness (QED) is 0.843. The summed E-state index contributed by atoms with van der Waals surface area (Å²) in [6, 6.07) is 3.46. The molecule has 1 saturated carbocycles. The van der Waals surface area contributed by atoms with Crippen LogP contribution in [0.15, 0.2) is 17.0 Å². The van der Waals surface area contributed by atoms with Crippen LogP contribution in [0.4, 0.5) is 5.69 Å². The van der Waals surface area contributed by atoms with Gasteiger partial charge in [0.2, 0.25) is 10.0 Å². The molecule has 4 nitrogen and oxygen atoms in total. The molecule has 0 aromatic heterocycles. The second-order valence-corrected chi connectivity index (χ2v) is 8.13. The normalized spacial score (nSPS) is 26.8. The van der Waals surface area contributed by atoms with Gasteiger partial charge in [0.25, 0.3) is 0 Å². The summed E-state index contributed by atoms with van der Waals surface area (Å²) < 4.78 is 28.4. The largest absolute Gasteiger partial charge is 0.399 e. The Labute approximate surface area is 128 Å². The van der Waals surface area contributed by atoms with Gasteiger partial charge in [0, 0.05) is 11.7 Å². The second kappa shape index (κ2) is 5.97. The Kier molecular flexibility index (Phi) is 4.63. The van der Waals surface area contributed by atoms with E-state index in [9.17, 15) is 8.42 Å². The van der Waals surface area contributed by atoms with Crippen molar-refractivity contribution in [3.8, 4) is 0 Å². The zero-order valence-corrected chi connectivity index (χ0v) is 14.1. The van der Waals surface area contributed by atoms with E-state index in [0.29, 0.717) is 33.5 Å². The van der Waals surface area contributed by atoms with Gasteiger partial charge in [-0.2, -0.15) is 0 Å². The molecule has 1 aromatic carbocycles. The Bertz CT molecular complexity index is 602. The molecule has 2 rings (SSSR count). The molecule has 3 N–H and O–H groups in total. The van der Waals surface area contributed by atoms with E-state index in [1.165, 1.54) is 6.42 Å². The van der Waals surface area contributed by atoms with E-state index in [4.69, 9.17) is 5.73 Å². The van der Waals surface area contributed by atoms with E-state index in [1.807, 2.05) is 0 Å². The van der Waals surface area contributed by atoms with Crippen molar-refractivity contribution < 1.29 is 8.42 Å². The van der Waals surface area contributed by atoms with Gasteiger partial charge < -0.3 is 5.73 Å². The van der Waals surface area contributed by atoms with Crippen LogP contribution in [-0.2, 0) is 10.0 Å². The molecule has 1 aromatic rings. The van der Waals surface area contributed by atoms with Crippen LogP contribution in [0.25, 0.3) is 0 Å². The minimum Gasteiger partial charge on any atom is -0.399 e. The van der Waals surface area contributed by atoms with Crippen molar-refractivity contribution in [2.24, 2.45) is 11.8 Å². The third-order valence-electron chi connectivity index (χ3n) is 4.76. The number of rotatable bonds is 3. The lowest BCUT2D eigenvalue weighted by Gasteiger charge is -2.34. The number of aryl methyl sites for hydroxylation is 2. The fourth-order valence-electron chi connectivity index (χ4n) is 3.41. The zero-order chi connectivity index (χ0) is 15.8. The van der Waals surface area contributed by atoms with Gasteiger partial charge in [0.05, 0.1) is 4.90 Å². The molecule has 0 amide bonds. The smallest absolute Gasteiger partial charge is 0.241 e. The number of anilines is 1. The molecular weight excluding hydrogens is 284 g/mol. The van der Waals surface area contributed by atoms with Gasteiger partial charge in [0.15, 0.2) is 0 Å². The van der Waals surface area contributed by atoms with Gasteiger partial charge in [0.1, 0.15) is 0 Å². The van der Waals surface area contributed by atoms with Gasteiger partial charge in [-0.25, -0.2) is 13.1 Å². The van der Waals surface area contributed by atoms with Gasteiger partial charge in [-0.15, -0.1) is 0 Å². The van der Waals surface area contributed by atoms with Gasteiger partial charge >= 0.3 is 0 Å². The third-order valence-corrected chi connectivity index (χ3v) is 6.56. The molecule has 0 bridgehead atoms. The highest BCUT2D eigenvalue weighted by Crippen LogP contribution is 2.31. The molecule has 118 valence electrons. The highest BCUT2D eigenvalue weighted by molar-refractivity contribution is 7.89. The fraction of sp³-hybridized carbons (Fsp3) is 0.625. The maximum Gasteiger partial charge on any atom is 0.241 e. The lowest BCUT2D eigenvalue weighted by molar-refractivity contribution is 0.227. The summed E-state index contributed by atoms with van der Waals surface area (Å²) in [5, 5.41) is 0. The SMILES string of the molecule is Cc1cc(N)cc(C)c1S(=O)(=O)NC1CCCC(C)C1C. The molecule has 1 fully saturated rings. The van der Waals surface area contributed by atoms with Crippen molar-refractivity contribution in [1.82, 2.24) is 4.72 Å². The monoisotopic (exact) mass is 310 g/mol. The first-order valence-electron chi connectivity index (χ1n) is 7.61. The lowest BCUT2D eigenvalue weighted by atomic mass is 9.78. The Hall–Kier alpha value is -1.07. The summed E-state index contributed by atoms with van der Waals surface area (Å²) in [5.41, 5.74) is 7.79. The van der Waals surface area contributed by atoms with Crippen molar-refractivity contribution in [2.75, 3.05) is 5.73 Å². The predicted octanol–water partition coefficient (Wildman–Crippen LogP) is 2.99. The number of nitrogen functional groups attached to an aromatic ring is 1. The first kappa shape index (κ1) is 16.3. The van der Waals surface area contributed by atoms with Crippen LogP contribution >= 0.6 is 0 Å². The van der Waals surface area contributed by atoms with Crippen molar-refractivity contribution in [1.29, 1.82) is 0 Å². The average Bonchev–Trinajstić information content (AvgIpc) is 2.33. The molecule has 0 saturated heterocycles. The number of nitrogens with two attached hydrogens (primary N) is 1. The number of benzene rings is 1. The maximum atomic E-state index is 12.8. The number of nitrogens with one attached hydrogen (secondary N) is 1. The molecule has 3 unspecified atom stereocenters. The molecule has 0 radical (unpaired) electrons. The predicted molar refractivity (Wildman–Crippen MR) is 86.6 cm³/mol. The summed E-state index contributed by atoms with van der Waals surface area (Å²) >= 11 is 0. The number of hydrogen-bond acceptors (Lipinski definition) is 3. The first-order chi connectivity index (χ1) is 9.72. The van der Waals surface area contributed by atoms with E-state index in [-0.39, 0.29) is 6.04 Å². The highest BCUT2D eigenvalue weighted by Gasteiger charge is 2.31. The Morgan fingerprint density at radius 3 is 2.29 bits per heavy atom. The highest BCUT2D eigenvalue weighted by atomic mass is 32.2. The van der Waals surface area contributed by atoms with Crippen LogP contribution in [0.5, 0.6) is 0 Å². The van der Waals surface area contributed by atoms with Crippen molar-refractivity contribution in [3.63, 3.8) is 0 Å². The zero-order valence-electron chi connectivity index (χ0n) is 13.3. The van der Waals surface area contributed by atoms with Crippen molar-refractivity contribution in [3.05, 3.63) is 23.3 Å². The van der Waals surface area contributed by atoms with Crippen LogP contribution < -0.4 is 10.5 Å². The lowest BCUT2D eigenvalue weighted by Crippen LogP contribution is -2.43. The molecule has 0 spiro atoms. The average molecular weight is 310 g/mol. The second-order valence-electron chi connectivity index (χ2n) is 6.48. The minimum atomic E-state index is -3.50. The van der Waals surface area contributed by atoms with Crippen LogP contribution in [-0.4, -0.2) is 14.5 Å². The van der Waals surface area contributed by atoms with Gasteiger partial charge in [-0.1, -0.05) is 26.7 Å². The molecule has 0 heterocycles. The molecule has 5 heteroatoms. The Morgan fingerprint density at radius 2 is 1.71 bits per heavy atom. The molecule has 0 aliphatic heterocycles. The first-order valence-corrected chi connectivity index (χ1v) is 9.09. The fourth-order valence-corrected chi connectivity index (χ4v) is 5.23. The van der Waals surface area contributed by atoms with E-state index >= 15 is 0 Å². The Balaban J connectivity index is 2.31. The minimum absolute atomic E-state index is 0.0232. The summed E-state index contributed by atoms with van der Waals surface area (Å²) in [5.74, 6) is 0.919. The number of hydrogen-bond donors (Lipinski definition) is 2. The third kappa shape index (κ3) is 3.40. The maximum absolute atomic E-state index is 12.8. The summed E-state index contributed by atoms with van der Waals surface area (Å²) in [6.07, 6.45) is 3.18. The summed E-state index contributed by atoms with van der Waals surface area (Å²) in [6.45, 7) is 7.93. The van der Waals surface area contributed by atoms with Crippen LogP contribution in [0, 0.1) is 25.7 Å². The van der Waals surface area contributed by atoms with E-state index in [2.05, 4.69) is 18.6 Å². The van der Waals surface area contributed by atoms with Crippen LogP contribution in [0.2, 0.25) is 0 Å². The molecule has 1 aliphatic carbocycles. The Morgan fingerprint density at radius 1 is 1.14 bits per heavy atom. The molecule has 1 aliphatic rings. The summed E-state index contributed by atoms with van der Waals surface area (Å²) in [7, 11) is -3.50. The van der Waals surface area contributed by atoms with E-state index in [1.54, 1.807) is 26.0 Å². The van der Waals surface area contributed by atoms with Gasteiger partial charge in [-0.3, -0.25) is 0 Å². The molecule has 3 atom stereocenters. The van der Waals surface area contributed by atoms with Gasteiger partial charge in [-0.05, 0) is 55.4 Å². The number of sulfonamides is 1. The van der Waals surface area contributed by atoms with Crippen molar-refractivity contribution in [2.45, 2.75) is 57.9 Å². The van der Waals surface area contributed by atoms with E-state index in [0.717, 1.165) is 12.8 Å². The standard InChI is InChI=1S/C16H26N2O2S/c1-10-6-5-7-15(13(10)4)18-21(19,20)16-11(2)8-14(17)9-12(16)3/h8-10,13,15,18H,5-7,17H2,1-4H3.